The van der Waals surface area contributed by atoms with Gasteiger partial charge >= 0.3 is 12.1 Å². The smallest absolute Gasteiger partial charge is 0.417 e. The minimum Gasteiger partial charge on any atom is -0.451 e. The van der Waals surface area contributed by atoms with Gasteiger partial charge in [-0.15, -0.1) is 0 Å². The SMILES string of the molecule is COCCn1c(C)cc(/C=C(\C#N)C(=O)OCC(=O)Nc2ccc(Cl)c(C(F)(F)F)c2)c1C. The fraction of sp³-hybridized carbons (Fsp3) is 0.318. The van der Waals surface area contributed by atoms with Crippen LogP contribution >= 0.6 is 11.6 Å². The number of carbonyl (C=O) groups is 2. The third-order valence-electron chi connectivity index (χ3n) is 4.66. The molecule has 176 valence electrons. The number of amides is 1. The Morgan fingerprint density at radius 1 is 1.27 bits per heavy atom. The van der Waals surface area contributed by atoms with Crippen molar-refractivity contribution < 1.29 is 32.2 Å². The van der Waals surface area contributed by atoms with Gasteiger partial charge in [-0.25, -0.2) is 4.79 Å². The van der Waals surface area contributed by atoms with Gasteiger partial charge in [0.1, 0.15) is 11.6 Å². The van der Waals surface area contributed by atoms with Crippen LogP contribution in [0.4, 0.5) is 18.9 Å². The number of nitrogens with zero attached hydrogens (tertiary/aromatic N) is 2. The van der Waals surface area contributed by atoms with Gasteiger partial charge < -0.3 is 19.4 Å². The number of carbonyl (C=O) groups excluding carboxylic acids is 2. The summed E-state index contributed by atoms with van der Waals surface area (Å²) in [6, 6.07) is 6.37. The highest BCUT2D eigenvalue weighted by atomic mass is 35.5. The van der Waals surface area contributed by atoms with Crippen LogP contribution in [0.1, 0.15) is 22.5 Å². The van der Waals surface area contributed by atoms with Crippen LogP contribution in [0, 0.1) is 25.2 Å². The molecule has 33 heavy (non-hydrogen) atoms. The molecule has 0 aliphatic heterocycles. The number of nitriles is 1. The number of esters is 1. The first-order chi connectivity index (χ1) is 15.5. The average Bonchev–Trinajstić information content (AvgIpc) is 3.01. The van der Waals surface area contributed by atoms with Crippen molar-refractivity contribution in [1.82, 2.24) is 4.57 Å². The Kier molecular flexibility index (Phi) is 8.68. The van der Waals surface area contributed by atoms with Crippen molar-refractivity contribution in [3.8, 4) is 6.07 Å². The molecule has 2 rings (SSSR count). The first kappa shape index (κ1) is 26.0. The molecule has 0 saturated heterocycles. The molecule has 7 nitrogen and oxygen atoms in total. The van der Waals surface area contributed by atoms with E-state index < -0.39 is 35.2 Å². The Hall–Kier alpha value is -3.29. The second-order valence-corrected chi connectivity index (χ2v) is 7.36. The number of rotatable bonds is 8. The standard InChI is InChI=1S/C22H21ClF3N3O4/c1-13-8-15(14(2)29(13)6-7-32-3)9-16(11-27)21(31)33-12-20(30)28-17-4-5-19(23)18(10-17)22(24,25)26/h4-5,8-10H,6-7,12H2,1-3H3,(H,28,30)/b16-9+. The number of anilines is 1. The number of nitrogens with one attached hydrogen (secondary N) is 1. The van der Waals surface area contributed by atoms with Crippen LogP contribution in [0.25, 0.3) is 6.08 Å². The number of benzene rings is 1. The van der Waals surface area contributed by atoms with E-state index in [2.05, 4.69) is 5.32 Å². The van der Waals surface area contributed by atoms with Gasteiger partial charge in [-0.05, 0) is 49.8 Å². The fourth-order valence-electron chi connectivity index (χ4n) is 3.02. The number of alkyl halides is 3. The van der Waals surface area contributed by atoms with Gasteiger partial charge in [0, 0.05) is 30.7 Å². The topological polar surface area (TPSA) is 93.3 Å². The largest absolute Gasteiger partial charge is 0.451 e. The Morgan fingerprint density at radius 3 is 2.58 bits per heavy atom. The molecule has 11 heteroatoms. The molecule has 1 heterocycles. The maximum Gasteiger partial charge on any atom is 0.417 e. The number of aryl methyl sites for hydroxylation is 1. The normalized spacial score (nSPS) is 11.8. The fourth-order valence-corrected chi connectivity index (χ4v) is 3.24. The number of hydrogen-bond donors (Lipinski definition) is 1. The number of methoxy groups -OCH3 is 1. The lowest BCUT2D eigenvalue weighted by atomic mass is 10.1. The van der Waals surface area contributed by atoms with Crippen LogP contribution in [-0.4, -0.2) is 36.8 Å². The minimum atomic E-state index is -4.70. The molecule has 0 aliphatic carbocycles. The molecule has 0 bridgehead atoms. The van der Waals surface area contributed by atoms with Crippen molar-refractivity contribution in [1.29, 1.82) is 5.26 Å². The predicted octanol–water partition coefficient (Wildman–Crippen LogP) is 4.51. The number of halogens is 4. The summed E-state index contributed by atoms with van der Waals surface area (Å²) < 4.78 is 50.7. The van der Waals surface area contributed by atoms with Crippen molar-refractivity contribution in [2.75, 3.05) is 25.6 Å². The molecule has 0 aliphatic rings. The Labute approximate surface area is 193 Å². The van der Waals surface area contributed by atoms with Crippen LogP contribution in [0.3, 0.4) is 0 Å². The van der Waals surface area contributed by atoms with Crippen LogP contribution in [0.2, 0.25) is 5.02 Å². The first-order valence-corrected chi connectivity index (χ1v) is 9.97. The summed E-state index contributed by atoms with van der Waals surface area (Å²) in [6.07, 6.45) is -3.35. The van der Waals surface area contributed by atoms with E-state index in [-0.39, 0.29) is 11.3 Å². The molecule has 0 spiro atoms. The molecule has 0 atom stereocenters. The molecule has 0 saturated carbocycles. The lowest BCUT2D eigenvalue weighted by Crippen LogP contribution is -2.21. The Morgan fingerprint density at radius 2 is 1.97 bits per heavy atom. The highest BCUT2D eigenvalue weighted by molar-refractivity contribution is 6.31. The zero-order chi connectivity index (χ0) is 24.8. The van der Waals surface area contributed by atoms with E-state index in [1.807, 2.05) is 18.4 Å². The van der Waals surface area contributed by atoms with E-state index in [0.29, 0.717) is 24.8 Å². The summed E-state index contributed by atoms with van der Waals surface area (Å²) in [5.41, 5.74) is 0.722. The molecule has 1 aromatic heterocycles. The van der Waals surface area contributed by atoms with E-state index in [1.54, 1.807) is 19.2 Å². The van der Waals surface area contributed by atoms with Crippen molar-refractivity contribution in [3.05, 3.63) is 57.4 Å². The summed E-state index contributed by atoms with van der Waals surface area (Å²) in [5, 5.41) is 11.0. The van der Waals surface area contributed by atoms with Crippen molar-refractivity contribution in [3.63, 3.8) is 0 Å². The van der Waals surface area contributed by atoms with Crippen LogP contribution in [0.5, 0.6) is 0 Å². The van der Waals surface area contributed by atoms with Gasteiger partial charge in [0.15, 0.2) is 6.61 Å². The van der Waals surface area contributed by atoms with Gasteiger partial charge in [-0.2, -0.15) is 18.4 Å². The Balaban J connectivity index is 2.06. The molecule has 1 aromatic carbocycles. The molecule has 1 amide bonds. The quantitative estimate of drug-likeness (QED) is 0.339. The van der Waals surface area contributed by atoms with Gasteiger partial charge in [0.25, 0.3) is 5.91 Å². The van der Waals surface area contributed by atoms with Gasteiger partial charge in [-0.1, -0.05) is 11.6 Å². The van der Waals surface area contributed by atoms with E-state index in [1.165, 1.54) is 12.1 Å². The second kappa shape index (κ2) is 11.0. The third-order valence-corrected chi connectivity index (χ3v) is 4.99. The maximum atomic E-state index is 12.9. The third kappa shape index (κ3) is 6.84. The summed E-state index contributed by atoms with van der Waals surface area (Å²) >= 11 is 5.54. The van der Waals surface area contributed by atoms with E-state index in [9.17, 15) is 28.0 Å². The van der Waals surface area contributed by atoms with Gasteiger partial charge in [0.05, 0.1) is 17.2 Å². The summed E-state index contributed by atoms with van der Waals surface area (Å²) in [5.74, 6) is -1.92. The van der Waals surface area contributed by atoms with E-state index in [4.69, 9.17) is 21.1 Å². The number of hydrogen-bond acceptors (Lipinski definition) is 5. The Bertz CT molecular complexity index is 1120. The highest BCUT2D eigenvalue weighted by Gasteiger charge is 2.33. The lowest BCUT2D eigenvalue weighted by molar-refractivity contribution is -0.142. The summed E-state index contributed by atoms with van der Waals surface area (Å²) in [7, 11) is 1.58. The molecule has 2 aromatic rings. The first-order valence-electron chi connectivity index (χ1n) is 9.59. The summed E-state index contributed by atoms with van der Waals surface area (Å²) in [6.45, 7) is 3.98. The highest BCUT2D eigenvalue weighted by Crippen LogP contribution is 2.36. The number of aromatic nitrogens is 1. The van der Waals surface area contributed by atoms with Gasteiger partial charge in [0.2, 0.25) is 0 Å². The van der Waals surface area contributed by atoms with Crippen molar-refractivity contribution in [2.45, 2.75) is 26.6 Å². The zero-order valence-corrected chi connectivity index (χ0v) is 18.8. The summed E-state index contributed by atoms with van der Waals surface area (Å²) in [4.78, 5) is 24.3. The molecule has 0 unspecified atom stereocenters. The van der Waals surface area contributed by atoms with Crippen LogP contribution in [-0.2, 0) is 31.8 Å². The van der Waals surface area contributed by atoms with Crippen molar-refractivity contribution >= 4 is 35.2 Å². The monoisotopic (exact) mass is 483 g/mol. The average molecular weight is 484 g/mol. The second-order valence-electron chi connectivity index (χ2n) is 6.96. The molecular weight excluding hydrogens is 463 g/mol. The van der Waals surface area contributed by atoms with E-state index in [0.717, 1.165) is 17.5 Å². The minimum absolute atomic E-state index is 0.174. The van der Waals surface area contributed by atoms with E-state index >= 15 is 0 Å². The zero-order valence-electron chi connectivity index (χ0n) is 18.0. The maximum absolute atomic E-state index is 12.9. The number of ether oxygens (including phenoxy) is 2. The molecule has 1 N–H and O–H groups in total. The molecule has 0 fully saturated rings. The van der Waals surface area contributed by atoms with Gasteiger partial charge in [-0.3, -0.25) is 4.79 Å². The van der Waals surface area contributed by atoms with Crippen molar-refractivity contribution in [2.24, 2.45) is 0 Å². The lowest BCUT2D eigenvalue weighted by Gasteiger charge is -2.12. The van der Waals surface area contributed by atoms with Crippen LogP contribution in [0.15, 0.2) is 29.8 Å². The molecular formula is C22H21ClF3N3O4. The molecule has 0 radical (unpaired) electrons. The van der Waals surface area contributed by atoms with Crippen LogP contribution < -0.4 is 5.32 Å². The predicted molar refractivity (Wildman–Crippen MR) is 115 cm³/mol.